The van der Waals surface area contributed by atoms with Crippen LogP contribution in [-0.2, 0) is 4.74 Å². The van der Waals surface area contributed by atoms with Crippen LogP contribution in [0.4, 0.5) is 4.39 Å². The largest absolute Gasteiger partial charge is 0.373 e. The Hall–Kier alpha value is -1.46. The van der Waals surface area contributed by atoms with Crippen LogP contribution in [0.1, 0.15) is 10.4 Å². The van der Waals surface area contributed by atoms with Gasteiger partial charge < -0.3 is 9.64 Å². The molecule has 0 aromatic heterocycles. The molecule has 2 atom stereocenters. The molecule has 19 heavy (non-hydrogen) atoms. The van der Waals surface area contributed by atoms with E-state index in [1.165, 1.54) is 12.1 Å². The standard InChI is InChI=1S/C14H17FN2O2/c1-16-5-6-19-13-9-17(8-12(13)16)14(18)10-3-2-4-11(15)7-10/h2-4,7,12-13H,5-6,8-9H2,1H3/t12-,13+/m1/s1. The van der Waals surface area contributed by atoms with Gasteiger partial charge in [0.2, 0.25) is 0 Å². The van der Waals surface area contributed by atoms with Crippen molar-refractivity contribution in [3.05, 3.63) is 35.6 Å². The molecule has 1 aromatic carbocycles. The van der Waals surface area contributed by atoms with Crippen LogP contribution in [0.5, 0.6) is 0 Å². The van der Waals surface area contributed by atoms with Gasteiger partial charge in [0.15, 0.2) is 0 Å². The maximum absolute atomic E-state index is 13.2. The highest BCUT2D eigenvalue weighted by Crippen LogP contribution is 2.23. The Balaban J connectivity index is 1.75. The molecule has 2 saturated heterocycles. The van der Waals surface area contributed by atoms with Gasteiger partial charge in [-0.2, -0.15) is 0 Å². The highest BCUT2D eigenvalue weighted by Gasteiger charge is 2.40. The summed E-state index contributed by atoms with van der Waals surface area (Å²) in [5, 5.41) is 0. The molecule has 1 amide bonds. The number of likely N-dealkylation sites (tertiary alicyclic amines) is 1. The molecule has 5 heteroatoms. The summed E-state index contributed by atoms with van der Waals surface area (Å²) in [5.74, 6) is -0.498. The lowest BCUT2D eigenvalue weighted by atomic mass is 10.1. The fourth-order valence-electron chi connectivity index (χ4n) is 2.83. The first-order chi connectivity index (χ1) is 9.15. The molecule has 0 radical (unpaired) electrons. The molecule has 0 unspecified atom stereocenters. The summed E-state index contributed by atoms with van der Waals surface area (Å²) in [6.07, 6.45) is 0.0799. The van der Waals surface area contributed by atoms with Crippen LogP contribution in [0.15, 0.2) is 24.3 Å². The van der Waals surface area contributed by atoms with Crippen LogP contribution in [-0.4, -0.2) is 61.1 Å². The molecule has 2 aliphatic heterocycles. The van der Waals surface area contributed by atoms with E-state index in [0.717, 1.165) is 6.54 Å². The molecule has 2 heterocycles. The van der Waals surface area contributed by atoms with E-state index in [4.69, 9.17) is 4.74 Å². The smallest absolute Gasteiger partial charge is 0.254 e. The van der Waals surface area contributed by atoms with Crippen molar-refractivity contribution in [2.24, 2.45) is 0 Å². The van der Waals surface area contributed by atoms with E-state index < -0.39 is 0 Å². The van der Waals surface area contributed by atoms with E-state index in [9.17, 15) is 9.18 Å². The van der Waals surface area contributed by atoms with Crippen LogP contribution in [0, 0.1) is 5.82 Å². The number of hydrogen-bond donors (Lipinski definition) is 0. The van der Waals surface area contributed by atoms with Crippen LogP contribution >= 0.6 is 0 Å². The van der Waals surface area contributed by atoms with E-state index in [1.54, 1.807) is 17.0 Å². The molecule has 0 N–H and O–H groups in total. The molecule has 2 fully saturated rings. The Morgan fingerprint density at radius 2 is 2.26 bits per heavy atom. The van der Waals surface area contributed by atoms with Crippen LogP contribution in [0.2, 0.25) is 0 Å². The van der Waals surface area contributed by atoms with Gasteiger partial charge in [-0.05, 0) is 25.2 Å². The average Bonchev–Trinajstić information content (AvgIpc) is 2.83. The number of fused-ring (bicyclic) bond motifs is 1. The number of carbonyl (C=O) groups excluding carboxylic acids is 1. The topological polar surface area (TPSA) is 32.8 Å². The Bertz CT molecular complexity index is 494. The Kier molecular flexibility index (Phi) is 3.24. The van der Waals surface area contributed by atoms with Crippen molar-refractivity contribution in [3.63, 3.8) is 0 Å². The molecule has 3 rings (SSSR count). The van der Waals surface area contributed by atoms with E-state index in [1.807, 2.05) is 0 Å². The summed E-state index contributed by atoms with van der Waals surface area (Å²) >= 11 is 0. The van der Waals surface area contributed by atoms with Gasteiger partial charge in [-0.25, -0.2) is 4.39 Å². The SMILES string of the molecule is CN1CCO[C@H]2CN(C(=O)c3cccc(F)c3)C[C@H]21. The summed E-state index contributed by atoms with van der Waals surface area (Å²) in [6.45, 7) is 2.84. The van der Waals surface area contributed by atoms with Gasteiger partial charge in [-0.1, -0.05) is 6.07 Å². The molecule has 0 bridgehead atoms. The van der Waals surface area contributed by atoms with Gasteiger partial charge in [-0.15, -0.1) is 0 Å². The number of nitrogens with zero attached hydrogens (tertiary/aromatic N) is 2. The molecule has 0 spiro atoms. The van der Waals surface area contributed by atoms with Crippen LogP contribution in [0.3, 0.4) is 0 Å². The number of hydrogen-bond acceptors (Lipinski definition) is 3. The minimum absolute atomic E-state index is 0.0799. The maximum atomic E-state index is 13.2. The number of amides is 1. The number of likely N-dealkylation sites (N-methyl/N-ethyl adjacent to an activating group) is 1. The third kappa shape index (κ3) is 2.35. The normalized spacial score (nSPS) is 27.4. The van der Waals surface area contributed by atoms with Crippen molar-refractivity contribution >= 4 is 5.91 Å². The summed E-state index contributed by atoms with van der Waals surface area (Å²) in [4.78, 5) is 16.3. The first-order valence-electron chi connectivity index (χ1n) is 6.52. The molecule has 102 valence electrons. The highest BCUT2D eigenvalue weighted by atomic mass is 19.1. The molecular formula is C14H17FN2O2. The summed E-state index contributed by atoms with van der Waals surface area (Å²) < 4.78 is 18.9. The third-order valence-electron chi connectivity index (χ3n) is 3.94. The predicted octanol–water partition coefficient (Wildman–Crippen LogP) is 0.981. The molecule has 4 nitrogen and oxygen atoms in total. The van der Waals surface area contributed by atoms with Crippen LogP contribution in [0.25, 0.3) is 0 Å². The van der Waals surface area contributed by atoms with Crippen molar-refractivity contribution in [1.82, 2.24) is 9.80 Å². The zero-order valence-corrected chi connectivity index (χ0v) is 10.9. The van der Waals surface area contributed by atoms with E-state index in [2.05, 4.69) is 11.9 Å². The van der Waals surface area contributed by atoms with Gasteiger partial charge in [0, 0.05) is 25.2 Å². The number of benzene rings is 1. The fraction of sp³-hybridized carbons (Fsp3) is 0.500. The summed E-state index contributed by atoms with van der Waals surface area (Å²) in [5.41, 5.74) is 0.404. The highest BCUT2D eigenvalue weighted by molar-refractivity contribution is 5.94. The summed E-state index contributed by atoms with van der Waals surface area (Å²) in [7, 11) is 2.05. The number of halogens is 1. The van der Waals surface area contributed by atoms with E-state index in [0.29, 0.717) is 25.3 Å². The van der Waals surface area contributed by atoms with Crippen molar-refractivity contribution in [2.45, 2.75) is 12.1 Å². The molecule has 2 aliphatic rings. The molecule has 1 aromatic rings. The minimum Gasteiger partial charge on any atom is -0.373 e. The Labute approximate surface area is 111 Å². The second-order valence-corrected chi connectivity index (χ2v) is 5.18. The predicted molar refractivity (Wildman–Crippen MR) is 68.5 cm³/mol. The first-order valence-corrected chi connectivity index (χ1v) is 6.52. The third-order valence-corrected chi connectivity index (χ3v) is 3.94. The fourth-order valence-corrected chi connectivity index (χ4v) is 2.83. The zero-order valence-electron chi connectivity index (χ0n) is 10.9. The number of ether oxygens (including phenoxy) is 1. The number of carbonyl (C=O) groups is 1. The lowest BCUT2D eigenvalue weighted by Crippen LogP contribution is -2.48. The van der Waals surface area contributed by atoms with Crippen molar-refractivity contribution in [3.8, 4) is 0 Å². The first kappa shape index (κ1) is 12.6. The Morgan fingerprint density at radius 3 is 3.00 bits per heavy atom. The van der Waals surface area contributed by atoms with Gasteiger partial charge in [0.05, 0.1) is 18.8 Å². The van der Waals surface area contributed by atoms with Crippen molar-refractivity contribution in [1.29, 1.82) is 0 Å². The maximum Gasteiger partial charge on any atom is 0.254 e. The monoisotopic (exact) mass is 264 g/mol. The number of morpholine rings is 1. The van der Waals surface area contributed by atoms with Gasteiger partial charge in [0.25, 0.3) is 5.91 Å². The number of rotatable bonds is 1. The lowest BCUT2D eigenvalue weighted by molar-refractivity contribution is -0.0368. The van der Waals surface area contributed by atoms with E-state index >= 15 is 0 Å². The van der Waals surface area contributed by atoms with Crippen molar-refractivity contribution < 1.29 is 13.9 Å². The quantitative estimate of drug-likeness (QED) is 0.758. The second kappa shape index (κ2) is 4.90. The van der Waals surface area contributed by atoms with Crippen molar-refractivity contribution in [2.75, 3.05) is 33.3 Å². The summed E-state index contributed by atoms with van der Waals surface area (Å²) in [6, 6.07) is 6.10. The van der Waals surface area contributed by atoms with E-state index in [-0.39, 0.29) is 23.9 Å². The molecule has 0 saturated carbocycles. The molecular weight excluding hydrogens is 247 g/mol. The van der Waals surface area contributed by atoms with Gasteiger partial charge in [-0.3, -0.25) is 9.69 Å². The zero-order chi connectivity index (χ0) is 13.4. The van der Waals surface area contributed by atoms with Gasteiger partial charge in [0.1, 0.15) is 5.82 Å². The Morgan fingerprint density at radius 1 is 1.42 bits per heavy atom. The second-order valence-electron chi connectivity index (χ2n) is 5.18. The lowest BCUT2D eigenvalue weighted by Gasteiger charge is -2.33. The molecule has 0 aliphatic carbocycles. The van der Waals surface area contributed by atoms with Crippen LogP contribution < -0.4 is 0 Å². The average molecular weight is 264 g/mol. The van der Waals surface area contributed by atoms with Gasteiger partial charge >= 0.3 is 0 Å². The minimum atomic E-state index is -0.379.